The van der Waals surface area contributed by atoms with Crippen LogP contribution in [0.15, 0.2) is 70.3 Å². The number of aryl methyl sites for hydroxylation is 1. The average Bonchev–Trinajstić information content (AvgIpc) is 2.68. The molecule has 28 heavy (non-hydrogen) atoms. The maximum atomic E-state index is 12.7. The van der Waals surface area contributed by atoms with Crippen LogP contribution in [0.25, 0.3) is 5.69 Å². The zero-order chi connectivity index (χ0) is 20.3. The van der Waals surface area contributed by atoms with Gasteiger partial charge in [0.15, 0.2) is 0 Å². The molecule has 0 saturated carbocycles. The number of carbonyl (C=O) groups excluding carboxylic acids is 1. The van der Waals surface area contributed by atoms with Gasteiger partial charge in [0.1, 0.15) is 0 Å². The van der Waals surface area contributed by atoms with E-state index in [4.69, 9.17) is 0 Å². The summed E-state index contributed by atoms with van der Waals surface area (Å²) < 4.78 is 1.12. The number of benzene rings is 2. The fraction of sp³-hybridized carbons (Fsp3) is 0.227. The molecule has 0 bridgehead atoms. The first-order chi connectivity index (χ1) is 13.3. The molecule has 0 spiro atoms. The highest BCUT2D eigenvalue weighted by Gasteiger charge is 2.23. The van der Waals surface area contributed by atoms with Gasteiger partial charge in [0.2, 0.25) is 0 Å². The number of hydrogen-bond donors (Lipinski definition) is 2. The molecule has 2 N–H and O–H groups in total. The van der Waals surface area contributed by atoms with Crippen LogP contribution in [0, 0.1) is 6.92 Å². The largest absolute Gasteiger partial charge is 0.351 e. The van der Waals surface area contributed by atoms with Crippen LogP contribution >= 0.6 is 0 Å². The molecule has 1 amide bonds. The molecule has 144 valence electrons. The Hall–Kier alpha value is -3.41. The van der Waals surface area contributed by atoms with Crippen LogP contribution in [0.2, 0.25) is 0 Å². The standard InChI is InChI=1S/C22H23N3O3/c1-15-7-4-5-10-18(15)22(2,3)14-23-21(28)16-8-6-9-17(13-16)25-20(27)12-11-19(26)24-25/h4-13H,14H2,1-3H3,(H,23,28)(H,24,26). The molecule has 2 aromatic carbocycles. The summed E-state index contributed by atoms with van der Waals surface area (Å²) in [6, 6.07) is 17.1. The van der Waals surface area contributed by atoms with Crippen LogP contribution in [0.1, 0.15) is 35.3 Å². The van der Waals surface area contributed by atoms with E-state index < -0.39 is 5.56 Å². The Balaban J connectivity index is 1.80. The molecule has 0 fully saturated rings. The van der Waals surface area contributed by atoms with E-state index in [-0.39, 0.29) is 16.9 Å². The van der Waals surface area contributed by atoms with E-state index >= 15 is 0 Å². The maximum absolute atomic E-state index is 12.7. The Morgan fingerprint density at radius 2 is 1.79 bits per heavy atom. The van der Waals surface area contributed by atoms with E-state index in [1.165, 1.54) is 23.3 Å². The van der Waals surface area contributed by atoms with Gasteiger partial charge in [0, 0.05) is 29.7 Å². The molecule has 0 aliphatic rings. The predicted octanol–water partition coefficient (Wildman–Crippen LogP) is 2.54. The molecule has 0 aliphatic heterocycles. The summed E-state index contributed by atoms with van der Waals surface area (Å²) in [7, 11) is 0. The van der Waals surface area contributed by atoms with Crippen LogP contribution in [0.3, 0.4) is 0 Å². The minimum atomic E-state index is -0.394. The van der Waals surface area contributed by atoms with Gasteiger partial charge in [0.25, 0.3) is 17.0 Å². The highest BCUT2D eigenvalue weighted by molar-refractivity contribution is 5.94. The summed E-state index contributed by atoms with van der Waals surface area (Å²) in [6.45, 7) is 6.68. The molecule has 0 unspecified atom stereocenters. The number of aromatic amines is 1. The number of nitrogens with zero attached hydrogens (tertiary/aromatic N) is 1. The van der Waals surface area contributed by atoms with Gasteiger partial charge >= 0.3 is 0 Å². The van der Waals surface area contributed by atoms with E-state index in [1.807, 2.05) is 12.1 Å². The minimum absolute atomic E-state index is 0.236. The first kappa shape index (κ1) is 19.4. The van der Waals surface area contributed by atoms with Crippen molar-refractivity contribution in [3.05, 3.63) is 98.1 Å². The Morgan fingerprint density at radius 3 is 2.54 bits per heavy atom. The average molecular weight is 377 g/mol. The third kappa shape index (κ3) is 4.11. The molecule has 0 aliphatic carbocycles. The zero-order valence-corrected chi connectivity index (χ0v) is 16.2. The molecule has 6 heteroatoms. The number of amides is 1. The third-order valence-electron chi connectivity index (χ3n) is 4.75. The van der Waals surface area contributed by atoms with Crippen molar-refractivity contribution >= 4 is 5.91 Å². The van der Waals surface area contributed by atoms with Crippen molar-refractivity contribution in [3.63, 3.8) is 0 Å². The Morgan fingerprint density at radius 1 is 1.04 bits per heavy atom. The highest BCUT2D eigenvalue weighted by atomic mass is 16.2. The van der Waals surface area contributed by atoms with E-state index in [0.717, 1.165) is 4.68 Å². The second kappa shape index (κ2) is 7.68. The summed E-state index contributed by atoms with van der Waals surface area (Å²) in [6.07, 6.45) is 0. The number of nitrogens with one attached hydrogen (secondary N) is 2. The van der Waals surface area contributed by atoms with Crippen molar-refractivity contribution in [1.29, 1.82) is 0 Å². The zero-order valence-electron chi connectivity index (χ0n) is 16.2. The second-order valence-electron chi connectivity index (χ2n) is 7.41. The van der Waals surface area contributed by atoms with E-state index in [1.54, 1.807) is 24.3 Å². The highest BCUT2D eigenvalue weighted by Crippen LogP contribution is 2.25. The molecule has 1 heterocycles. The predicted molar refractivity (Wildman–Crippen MR) is 109 cm³/mol. The third-order valence-corrected chi connectivity index (χ3v) is 4.75. The molecule has 0 atom stereocenters. The van der Waals surface area contributed by atoms with Crippen LogP contribution in [-0.4, -0.2) is 22.2 Å². The molecule has 0 saturated heterocycles. The van der Waals surface area contributed by atoms with Gasteiger partial charge < -0.3 is 5.32 Å². The van der Waals surface area contributed by atoms with Gasteiger partial charge in [0.05, 0.1) is 5.69 Å². The SMILES string of the molecule is Cc1ccccc1C(C)(C)CNC(=O)c1cccc(-n2[nH]c(=O)ccc2=O)c1. The first-order valence-corrected chi connectivity index (χ1v) is 9.05. The molecular weight excluding hydrogens is 354 g/mol. The smallest absolute Gasteiger partial charge is 0.269 e. The lowest BCUT2D eigenvalue weighted by molar-refractivity contribution is 0.0945. The number of aromatic nitrogens is 2. The van der Waals surface area contributed by atoms with Crippen LogP contribution < -0.4 is 16.4 Å². The summed E-state index contributed by atoms with van der Waals surface area (Å²) in [5.74, 6) is -0.241. The monoisotopic (exact) mass is 377 g/mol. The lowest BCUT2D eigenvalue weighted by Crippen LogP contribution is -2.37. The number of hydrogen-bond acceptors (Lipinski definition) is 3. The van der Waals surface area contributed by atoms with Gasteiger partial charge in [-0.25, -0.2) is 4.68 Å². The van der Waals surface area contributed by atoms with Crippen LogP contribution in [0.4, 0.5) is 0 Å². The van der Waals surface area contributed by atoms with Gasteiger partial charge in [-0.1, -0.05) is 44.2 Å². The summed E-state index contributed by atoms with van der Waals surface area (Å²) in [4.78, 5) is 36.2. The molecular formula is C22H23N3O3. The molecule has 6 nitrogen and oxygen atoms in total. The van der Waals surface area contributed by atoms with Crippen molar-refractivity contribution in [1.82, 2.24) is 15.1 Å². The Kier molecular flexibility index (Phi) is 5.31. The number of carbonyl (C=O) groups is 1. The molecule has 3 aromatic rings. The van der Waals surface area contributed by atoms with Crippen molar-refractivity contribution in [2.24, 2.45) is 0 Å². The van der Waals surface area contributed by atoms with Gasteiger partial charge in [-0.05, 0) is 36.2 Å². The minimum Gasteiger partial charge on any atom is -0.351 e. The van der Waals surface area contributed by atoms with Crippen molar-refractivity contribution in [2.75, 3.05) is 6.54 Å². The maximum Gasteiger partial charge on any atom is 0.269 e. The molecule has 1 aromatic heterocycles. The van der Waals surface area contributed by atoms with Gasteiger partial charge in [-0.3, -0.25) is 19.5 Å². The summed E-state index contributed by atoms with van der Waals surface area (Å²) in [5, 5.41) is 5.43. The normalized spacial score (nSPS) is 11.2. The quantitative estimate of drug-likeness (QED) is 0.717. The summed E-state index contributed by atoms with van der Waals surface area (Å²) in [5.41, 5.74) is 2.18. The first-order valence-electron chi connectivity index (χ1n) is 9.05. The lowest BCUT2D eigenvalue weighted by Gasteiger charge is -2.27. The number of rotatable bonds is 5. The van der Waals surface area contributed by atoms with Gasteiger partial charge in [-0.15, -0.1) is 0 Å². The second-order valence-corrected chi connectivity index (χ2v) is 7.41. The van der Waals surface area contributed by atoms with Crippen LogP contribution in [-0.2, 0) is 5.41 Å². The Labute approximate surface area is 162 Å². The van der Waals surface area contributed by atoms with E-state index in [9.17, 15) is 14.4 Å². The van der Waals surface area contributed by atoms with Gasteiger partial charge in [-0.2, -0.15) is 0 Å². The lowest BCUT2D eigenvalue weighted by atomic mass is 9.82. The van der Waals surface area contributed by atoms with E-state index in [2.05, 4.69) is 43.3 Å². The molecule has 0 radical (unpaired) electrons. The van der Waals surface area contributed by atoms with Crippen LogP contribution in [0.5, 0.6) is 0 Å². The topological polar surface area (TPSA) is 84.0 Å². The fourth-order valence-corrected chi connectivity index (χ4v) is 3.23. The number of H-pyrrole nitrogens is 1. The van der Waals surface area contributed by atoms with Crippen molar-refractivity contribution in [2.45, 2.75) is 26.2 Å². The van der Waals surface area contributed by atoms with E-state index in [0.29, 0.717) is 17.8 Å². The fourth-order valence-electron chi connectivity index (χ4n) is 3.23. The molecule has 3 rings (SSSR count). The Bertz CT molecular complexity index is 1130. The summed E-state index contributed by atoms with van der Waals surface area (Å²) >= 11 is 0. The van der Waals surface area contributed by atoms with Crippen molar-refractivity contribution < 1.29 is 4.79 Å². The van der Waals surface area contributed by atoms with Crippen molar-refractivity contribution in [3.8, 4) is 5.69 Å².